The SMILES string of the molecule is NS(=O)(=O)c1ccc(NC(CCN2CCC3(CC2)CCN(C(=O)O)CC3)CSc2ccccc2)c(S(=O)(=O)C(F)(F)F)c1. The number of anilines is 1. The van der Waals surface area contributed by atoms with Crippen LogP contribution >= 0.6 is 11.8 Å². The van der Waals surface area contributed by atoms with Gasteiger partial charge < -0.3 is 20.2 Å². The molecule has 4 rings (SSSR count). The first kappa shape index (κ1) is 33.4. The van der Waals surface area contributed by atoms with Crippen LogP contribution in [0.2, 0.25) is 0 Å². The highest BCUT2D eigenvalue weighted by Crippen LogP contribution is 2.41. The summed E-state index contributed by atoms with van der Waals surface area (Å²) in [5.41, 5.74) is -5.90. The van der Waals surface area contributed by atoms with Gasteiger partial charge in [0.15, 0.2) is 0 Å². The molecule has 1 spiro atoms. The maximum atomic E-state index is 13.6. The van der Waals surface area contributed by atoms with Gasteiger partial charge in [0.1, 0.15) is 4.90 Å². The molecule has 2 aromatic rings. The van der Waals surface area contributed by atoms with Gasteiger partial charge >= 0.3 is 11.6 Å². The van der Waals surface area contributed by atoms with Crippen molar-refractivity contribution in [2.45, 2.75) is 58.3 Å². The Morgan fingerprint density at radius 1 is 1.00 bits per heavy atom. The number of carbonyl (C=O) groups is 1. The fourth-order valence-corrected chi connectivity index (χ4v) is 8.09. The van der Waals surface area contributed by atoms with Crippen LogP contribution in [-0.2, 0) is 19.9 Å². The normalized spacial score (nSPS) is 18.8. The van der Waals surface area contributed by atoms with Crippen molar-refractivity contribution in [1.29, 1.82) is 0 Å². The molecule has 238 valence electrons. The highest BCUT2D eigenvalue weighted by atomic mass is 32.2. The van der Waals surface area contributed by atoms with Crippen LogP contribution in [0, 0.1) is 5.41 Å². The minimum Gasteiger partial charge on any atom is -0.465 e. The predicted octanol–water partition coefficient (Wildman–Crippen LogP) is 4.45. The second-order valence-corrected chi connectivity index (χ2v) is 15.6. The Hall–Kier alpha value is -2.53. The molecule has 1 atom stereocenters. The Labute approximate surface area is 253 Å². The van der Waals surface area contributed by atoms with E-state index in [0.29, 0.717) is 37.9 Å². The summed E-state index contributed by atoms with van der Waals surface area (Å²) in [5, 5.41) is 17.3. The number of benzene rings is 2. The molecule has 0 aliphatic carbocycles. The first-order valence-electron chi connectivity index (χ1n) is 13.7. The van der Waals surface area contributed by atoms with E-state index in [4.69, 9.17) is 5.14 Å². The minimum absolute atomic E-state index is 0.106. The molecule has 16 heteroatoms. The highest BCUT2D eigenvalue weighted by molar-refractivity contribution is 7.99. The number of piperidine rings is 2. The maximum Gasteiger partial charge on any atom is 0.501 e. The molecule has 2 fully saturated rings. The van der Waals surface area contributed by atoms with E-state index >= 15 is 0 Å². The number of likely N-dealkylation sites (tertiary alicyclic amines) is 2. The smallest absolute Gasteiger partial charge is 0.465 e. The summed E-state index contributed by atoms with van der Waals surface area (Å²) >= 11 is 1.46. The van der Waals surface area contributed by atoms with Crippen molar-refractivity contribution in [1.82, 2.24) is 9.80 Å². The number of nitrogens with one attached hydrogen (secondary N) is 1. The number of carboxylic acid groups (broad SMARTS) is 1. The fraction of sp³-hybridized carbons (Fsp3) is 0.519. The summed E-state index contributed by atoms with van der Waals surface area (Å²) in [6, 6.07) is 11.3. The lowest BCUT2D eigenvalue weighted by Gasteiger charge is -2.46. The number of alkyl halides is 3. The molecular weight excluding hydrogens is 630 g/mol. The highest BCUT2D eigenvalue weighted by Gasteiger charge is 2.48. The first-order chi connectivity index (χ1) is 20.1. The monoisotopic (exact) mass is 664 g/mol. The van der Waals surface area contributed by atoms with Gasteiger partial charge in [0.25, 0.3) is 9.84 Å². The quantitative estimate of drug-likeness (QED) is 0.313. The fourth-order valence-electron chi connectivity index (χ4n) is 5.54. The Bertz CT molecular complexity index is 1490. The number of amides is 1. The summed E-state index contributed by atoms with van der Waals surface area (Å²) in [7, 11) is -10.4. The number of sulfonamides is 1. The van der Waals surface area contributed by atoms with Gasteiger partial charge in [-0.25, -0.2) is 26.8 Å². The van der Waals surface area contributed by atoms with Gasteiger partial charge in [-0.15, -0.1) is 11.8 Å². The van der Waals surface area contributed by atoms with Gasteiger partial charge in [0.05, 0.1) is 10.6 Å². The van der Waals surface area contributed by atoms with Gasteiger partial charge in [0.2, 0.25) is 10.0 Å². The third kappa shape index (κ3) is 8.35. The number of hydrogen-bond donors (Lipinski definition) is 3. The van der Waals surface area contributed by atoms with Crippen LogP contribution in [0.1, 0.15) is 32.1 Å². The van der Waals surface area contributed by atoms with E-state index in [1.807, 2.05) is 30.3 Å². The number of nitrogens with two attached hydrogens (primary N) is 1. The Morgan fingerprint density at radius 3 is 2.16 bits per heavy atom. The number of primary sulfonamides is 1. The Kier molecular flexibility index (Phi) is 10.3. The third-order valence-electron chi connectivity index (χ3n) is 8.23. The van der Waals surface area contributed by atoms with Crippen molar-refractivity contribution in [2.75, 3.05) is 43.8 Å². The molecule has 10 nitrogen and oxygen atoms in total. The zero-order valence-corrected chi connectivity index (χ0v) is 25.7. The van der Waals surface area contributed by atoms with Crippen molar-refractivity contribution < 1.29 is 39.9 Å². The number of hydrogen-bond acceptors (Lipinski definition) is 8. The van der Waals surface area contributed by atoms with Crippen molar-refractivity contribution in [3.63, 3.8) is 0 Å². The van der Waals surface area contributed by atoms with Crippen LogP contribution in [0.5, 0.6) is 0 Å². The van der Waals surface area contributed by atoms with E-state index in [0.717, 1.165) is 55.8 Å². The molecule has 2 aliphatic heterocycles. The van der Waals surface area contributed by atoms with E-state index in [9.17, 15) is 39.9 Å². The summed E-state index contributed by atoms with van der Waals surface area (Å²) < 4.78 is 89.4. The van der Waals surface area contributed by atoms with Crippen LogP contribution in [0.25, 0.3) is 0 Å². The summed E-state index contributed by atoms with van der Waals surface area (Å²) in [6.07, 6.45) is 3.04. The number of rotatable bonds is 10. The molecule has 0 radical (unpaired) electrons. The lowest BCUT2D eigenvalue weighted by atomic mass is 9.71. The molecule has 0 aromatic heterocycles. The van der Waals surface area contributed by atoms with Gasteiger partial charge in [-0.05, 0) is 80.9 Å². The summed E-state index contributed by atoms with van der Waals surface area (Å²) in [6.45, 7) is 3.22. The topological polar surface area (TPSA) is 150 Å². The van der Waals surface area contributed by atoms with Gasteiger partial charge in [-0.1, -0.05) is 18.2 Å². The van der Waals surface area contributed by atoms with Crippen molar-refractivity contribution in [3.8, 4) is 0 Å². The zero-order valence-electron chi connectivity index (χ0n) is 23.3. The van der Waals surface area contributed by atoms with Crippen LogP contribution in [0.15, 0.2) is 63.2 Å². The second kappa shape index (κ2) is 13.2. The third-order valence-corrected chi connectivity index (χ3v) is 11.8. The number of sulfone groups is 1. The summed E-state index contributed by atoms with van der Waals surface area (Å²) in [5.74, 6) is 0.398. The lowest BCUT2D eigenvalue weighted by Crippen LogP contribution is -2.48. The molecule has 43 heavy (non-hydrogen) atoms. The van der Waals surface area contributed by atoms with Gasteiger partial charge in [-0.3, -0.25) is 0 Å². The van der Waals surface area contributed by atoms with E-state index in [1.54, 1.807) is 0 Å². The average Bonchev–Trinajstić information content (AvgIpc) is 2.95. The molecule has 2 aromatic carbocycles. The van der Waals surface area contributed by atoms with Crippen molar-refractivity contribution in [3.05, 3.63) is 48.5 Å². The number of halogens is 3. The largest absolute Gasteiger partial charge is 0.501 e. The molecule has 2 saturated heterocycles. The number of thioether (sulfide) groups is 1. The Morgan fingerprint density at radius 2 is 1.60 bits per heavy atom. The van der Waals surface area contributed by atoms with Crippen LogP contribution in [0.4, 0.5) is 23.7 Å². The molecule has 4 N–H and O–H groups in total. The molecule has 2 heterocycles. The molecular formula is C27H35F3N4O6S3. The van der Waals surface area contributed by atoms with E-state index < -0.39 is 47.3 Å². The average molecular weight is 665 g/mol. The van der Waals surface area contributed by atoms with E-state index in [-0.39, 0.29) is 11.1 Å². The first-order valence-corrected chi connectivity index (χ1v) is 17.7. The zero-order chi connectivity index (χ0) is 31.5. The standard InChI is InChI=1S/C27H35F3N4O6S3/c28-27(29,30)42(37,38)24-18-22(43(31,39)40)6-7-23(24)32-20(19-41-21-4-2-1-3-5-21)8-13-33-14-9-26(10-15-33)11-16-34(17-12-26)25(35)36/h1-7,18,20,32H,8-17,19H2,(H,35,36)(H2,31,39,40). The molecule has 2 aliphatic rings. The van der Waals surface area contributed by atoms with Gasteiger partial charge in [0, 0.05) is 36.3 Å². The van der Waals surface area contributed by atoms with Crippen LogP contribution in [0.3, 0.4) is 0 Å². The van der Waals surface area contributed by atoms with Crippen molar-refractivity contribution in [2.24, 2.45) is 10.6 Å². The van der Waals surface area contributed by atoms with E-state index in [1.165, 1.54) is 16.7 Å². The minimum atomic E-state index is -5.90. The molecule has 0 saturated carbocycles. The number of nitrogens with zero attached hydrogens (tertiary/aromatic N) is 2. The lowest BCUT2D eigenvalue weighted by molar-refractivity contribution is -0.0435. The molecule has 0 bridgehead atoms. The second-order valence-electron chi connectivity index (χ2n) is 11.0. The van der Waals surface area contributed by atoms with E-state index in [2.05, 4.69) is 10.2 Å². The molecule has 1 amide bonds. The summed E-state index contributed by atoms with van der Waals surface area (Å²) in [4.78, 5) is 14.0. The predicted molar refractivity (Wildman–Crippen MR) is 157 cm³/mol. The maximum absolute atomic E-state index is 13.6. The van der Waals surface area contributed by atoms with Gasteiger partial charge in [-0.2, -0.15) is 13.2 Å². The molecule has 1 unspecified atom stereocenters. The van der Waals surface area contributed by atoms with Crippen LogP contribution < -0.4 is 10.5 Å². The van der Waals surface area contributed by atoms with Crippen molar-refractivity contribution >= 4 is 43.4 Å². The van der Waals surface area contributed by atoms with Crippen LogP contribution in [-0.4, -0.2) is 87.9 Å². The Balaban J connectivity index is 1.50.